The molecule has 21 heavy (non-hydrogen) atoms. The summed E-state index contributed by atoms with van der Waals surface area (Å²) >= 11 is 1.82. The zero-order valence-corrected chi connectivity index (χ0v) is 13.1. The molecule has 0 radical (unpaired) electrons. The van der Waals surface area contributed by atoms with Gasteiger partial charge in [-0.05, 0) is 35.5 Å². The maximum atomic E-state index is 11.0. The molecule has 8 heteroatoms. The van der Waals surface area contributed by atoms with Gasteiger partial charge in [0, 0.05) is 17.4 Å². The fraction of sp³-hybridized carbons (Fsp3) is 0.538. The van der Waals surface area contributed by atoms with E-state index in [1.54, 1.807) is 6.07 Å². The number of rotatable bonds is 7. The largest absolute Gasteiger partial charge is 0.382 e. The normalized spacial score (nSPS) is 11.8. The van der Waals surface area contributed by atoms with Crippen molar-refractivity contribution in [2.45, 2.75) is 31.4 Å². The van der Waals surface area contributed by atoms with Gasteiger partial charge >= 0.3 is 5.69 Å². The third-order valence-corrected chi connectivity index (χ3v) is 5.50. The number of aromatic nitrogens is 2. The number of benzene rings is 1. The van der Waals surface area contributed by atoms with Gasteiger partial charge in [0.15, 0.2) is 5.52 Å². The highest BCUT2D eigenvalue weighted by atomic mass is 32.2. The van der Waals surface area contributed by atoms with Crippen LogP contribution in [0.2, 0.25) is 0 Å². The molecule has 7 nitrogen and oxygen atoms in total. The molecule has 0 aliphatic carbocycles. The van der Waals surface area contributed by atoms with E-state index in [-0.39, 0.29) is 16.0 Å². The van der Waals surface area contributed by atoms with E-state index in [1.165, 1.54) is 6.07 Å². The van der Waals surface area contributed by atoms with Crippen LogP contribution in [0.4, 0.5) is 11.4 Å². The van der Waals surface area contributed by atoms with Crippen molar-refractivity contribution in [2.24, 2.45) is 0 Å². The summed E-state index contributed by atoms with van der Waals surface area (Å²) in [5.74, 6) is 0. The molecule has 2 rings (SSSR count). The molecular weight excluding hydrogens is 292 g/mol. The van der Waals surface area contributed by atoms with Crippen molar-refractivity contribution in [3.8, 4) is 0 Å². The van der Waals surface area contributed by atoms with Gasteiger partial charge in [0.1, 0.15) is 0 Å². The lowest BCUT2D eigenvalue weighted by atomic mass is 10.0. The van der Waals surface area contributed by atoms with Crippen molar-refractivity contribution in [3.63, 3.8) is 0 Å². The molecule has 0 atom stereocenters. The molecule has 0 aliphatic heterocycles. The Morgan fingerprint density at radius 3 is 2.57 bits per heavy atom. The maximum Gasteiger partial charge on any atom is 0.300 e. The Bertz CT molecular complexity index is 631. The summed E-state index contributed by atoms with van der Waals surface area (Å²) in [6.07, 6.45) is 4.16. The van der Waals surface area contributed by atoms with Crippen LogP contribution < -0.4 is 5.32 Å². The molecule has 0 fully saturated rings. The fourth-order valence-electron chi connectivity index (χ4n) is 2.26. The van der Waals surface area contributed by atoms with E-state index < -0.39 is 4.92 Å². The van der Waals surface area contributed by atoms with Crippen molar-refractivity contribution in [3.05, 3.63) is 22.2 Å². The number of thioether (sulfide) groups is 1. The summed E-state index contributed by atoms with van der Waals surface area (Å²) in [5.41, 5.74) is 1.18. The van der Waals surface area contributed by atoms with Gasteiger partial charge in [0.25, 0.3) is 0 Å². The van der Waals surface area contributed by atoms with E-state index in [4.69, 9.17) is 0 Å². The van der Waals surface area contributed by atoms with Crippen molar-refractivity contribution in [1.29, 1.82) is 0 Å². The lowest BCUT2D eigenvalue weighted by molar-refractivity contribution is -0.383. The summed E-state index contributed by atoms with van der Waals surface area (Å²) in [4.78, 5) is 10.5. The minimum atomic E-state index is -0.486. The summed E-state index contributed by atoms with van der Waals surface area (Å²) in [5, 5.41) is 21.7. The van der Waals surface area contributed by atoms with Crippen LogP contribution in [0.1, 0.15) is 26.7 Å². The standard InChI is InChI=1S/C13H18N4O3S/c1-4-13(5-2,21-3)8-14-9-6-7-10(17(18)19)12-11(9)15-20-16-12/h6-7,14H,4-5,8H2,1-3H3. The number of hydrogen-bond acceptors (Lipinski definition) is 7. The molecule has 0 saturated carbocycles. The molecule has 0 bridgehead atoms. The lowest BCUT2D eigenvalue weighted by Gasteiger charge is -2.30. The second kappa shape index (κ2) is 6.30. The number of nitro benzene ring substituents is 1. The Balaban J connectivity index is 2.30. The Morgan fingerprint density at radius 2 is 2.00 bits per heavy atom. The molecule has 2 aromatic rings. The van der Waals surface area contributed by atoms with Gasteiger partial charge < -0.3 is 5.32 Å². The van der Waals surface area contributed by atoms with E-state index in [0.717, 1.165) is 19.4 Å². The van der Waals surface area contributed by atoms with Gasteiger partial charge in [-0.25, -0.2) is 4.63 Å². The topological polar surface area (TPSA) is 94.1 Å². The number of nitrogens with one attached hydrogen (secondary N) is 1. The number of fused-ring (bicyclic) bond motifs is 1. The highest BCUT2D eigenvalue weighted by Crippen LogP contribution is 2.33. The van der Waals surface area contributed by atoms with Crippen LogP contribution in [0.3, 0.4) is 0 Å². The molecule has 1 heterocycles. The first-order valence-electron chi connectivity index (χ1n) is 6.75. The van der Waals surface area contributed by atoms with E-state index in [9.17, 15) is 10.1 Å². The predicted molar refractivity (Wildman–Crippen MR) is 83.8 cm³/mol. The number of non-ortho nitro benzene ring substituents is 1. The first-order valence-corrected chi connectivity index (χ1v) is 7.98. The molecular formula is C13H18N4O3S. The summed E-state index contributed by atoms with van der Waals surface area (Å²) in [6, 6.07) is 3.08. The van der Waals surface area contributed by atoms with Crippen LogP contribution in [0, 0.1) is 10.1 Å². The van der Waals surface area contributed by atoms with Crippen molar-refractivity contribution in [1.82, 2.24) is 10.3 Å². The van der Waals surface area contributed by atoms with Crippen molar-refractivity contribution >= 4 is 34.2 Å². The summed E-state index contributed by atoms with van der Waals surface area (Å²) < 4.78 is 4.79. The summed E-state index contributed by atoms with van der Waals surface area (Å²) in [6.45, 7) is 5.07. The first kappa shape index (κ1) is 15.6. The Labute approximate surface area is 126 Å². The highest BCUT2D eigenvalue weighted by Gasteiger charge is 2.26. The second-order valence-electron chi connectivity index (χ2n) is 4.80. The molecule has 0 saturated heterocycles. The number of nitro groups is 1. The third kappa shape index (κ3) is 2.94. The second-order valence-corrected chi connectivity index (χ2v) is 6.07. The average Bonchev–Trinajstić information content (AvgIpc) is 2.98. The monoisotopic (exact) mass is 310 g/mol. The number of nitrogens with zero attached hydrogens (tertiary/aromatic N) is 3. The third-order valence-electron chi connectivity index (χ3n) is 3.91. The minimum absolute atomic E-state index is 0.0982. The maximum absolute atomic E-state index is 11.0. The number of hydrogen-bond donors (Lipinski definition) is 1. The minimum Gasteiger partial charge on any atom is -0.382 e. The van der Waals surface area contributed by atoms with Crippen LogP contribution in [0.15, 0.2) is 16.8 Å². The van der Waals surface area contributed by atoms with E-state index in [2.05, 4.69) is 40.4 Å². The summed E-state index contributed by atoms with van der Waals surface area (Å²) in [7, 11) is 0. The lowest BCUT2D eigenvalue weighted by Crippen LogP contribution is -2.32. The Kier molecular flexibility index (Phi) is 4.66. The zero-order valence-electron chi connectivity index (χ0n) is 12.3. The quantitative estimate of drug-likeness (QED) is 0.618. The molecule has 0 unspecified atom stereocenters. The van der Waals surface area contributed by atoms with Crippen LogP contribution in [0.5, 0.6) is 0 Å². The smallest absolute Gasteiger partial charge is 0.300 e. The number of anilines is 1. The molecule has 0 spiro atoms. The van der Waals surface area contributed by atoms with Gasteiger partial charge in [-0.1, -0.05) is 13.8 Å². The average molecular weight is 310 g/mol. The van der Waals surface area contributed by atoms with Gasteiger partial charge in [-0.3, -0.25) is 10.1 Å². The molecule has 1 N–H and O–H groups in total. The molecule has 0 aliphatic rings. The zero-order chi connectivity index (χ0) is 15.5. The van der Waals surface area contributed by atoms with Crippen LogP contribution in [-0.2, 0) is 0 Å². The SMILES string of the molecule is CCC(CC)(CNc1ccc([N+](=O)[O-])c2nonc12)SC. The van der Waals surface area contributed by atoms with Gasteiger partial charge in [-0.15, -0.1) is 0 Å². The van der Waals surface area contributed by atoms with Crippen LogP contribution >= 0.6 is 11.8 Å². The van der Waals surface area contributed by atoms with Crippen molar-refractivity contribution in [2.75, 3.05) is 18.1 Å². The van der Waals surface area contributed by atoms with Crippen LogP contribution in [-0.4, -0.2) is 32.8 Å². The fourth-order valence-corrected chi connectivity index (χ4v) is 3.05. The predicted octanol–water partition coefficient (Wildman–Crippen LogP) is 3.46. The highest BCUT2D eigenvalue weighted by molar-refractivity contribution is 8.00. The Morgan fingerprint density at radius 1 is 1.33 bits per heavy atom. The molecule has 114 valence electrons. The Hall–Kier alpha value is -1.83. The van der Waals surface area contributed by atoms with Crippen LogP contribution in [0.25, 0.3) is 11.0 Å². The first-order chi connectivity index (χ1) is 10.1. The molecule has 1 aromatic heterocycles. The van der Waals surface area contributed by atoms with E-state index >= 15 is 0 Å². The molecule has 1 aromatic carbocycles. The van der Waals surface area contributed by atoms with Gasteiger partial charge in [0.05, 0.1) is 10.6 Å². The van der Waals surface area contributed by atoms with E-state index in [1.807, 2.05) is 11.8 Å². The van der Waals surface area contributed by atoms with Gasteiger partial charge in [-0.2, -0.15) is 11.8 Å². The molecule has 0 amide bonds. The van der Waals surface area contributed by atoms with Gasteiger partial charge in [0.2, 0.25) is 5.52 Å². The van der Waals surface area contributed by atoms with Crippen molar-refractivity contribution < 1.29 is 9.55 Å². The van der Waals surface area contributed by atoms with E-state index in [0.29, 0.717) is 11.2 Å².